The van der Waals surface area contributed by atoms with E-state index in [0.717, 1.165) is 5.82 Å². The summed E-state index contributed by atoms with van der Waals surface area (Å²) in [6, 6.07) is 8.25. The molecule has 0 spiro atoms. The molecule has 0 saturated carbocycles. The Hall–Kier alpha value is -1.39. The van der Waals surface area contributed by atoms with Crippen LogP contribution in [-0.2, 0) is 12.8 Å². The van der Waals surface area contributed by atoms with Crippen molar-refractivity contribution in [3.8, 4) is 0 Å². The maximum Gasteiger partial charge on any atom is 0.228 e. The third-order valence-electron chi connectivity index (χ3n) is 2.62. The molecule has 0 fully saturated rings. The van der Waals surface area contributed by atoms with Gasteiger partial charge in [0.15, 0.2) is 5.82 Å². The highest BCUT2D eigenvalue weighted by Gasteiger charge is 2.09. The molecule has 1 atom stereocenters. The highest BCUT2D eigenvalue weighted by molar-refractivity contribution is 5.85. The van der Waals surface area contributed by atoms with Gasteiger partial charge < -0.3 is 10.3 Å². The maximum atomic E-state index is 5.68. The van der Waals surface area contributed by atoms with Crippen LogP contribution in [0.2, 0.25) is 0 Å². The van der Waals surface area contributed by atoms with Crippen LogP contribution >= 0.6 is 12.4 Å². The van der Waals surface area contributed by atoms with Gasteiger partial charge in [0.05, 0.1) is 0 Å². The van der Waals surface area contributed by atoms with E-state index in [1.807, 2.05) is 19.1 Å². The van der Waals surface area contributed by atoms with Gasteiger partial charge in [0.2, 0.25) is 5.89 Å². The van der Waals surface area contributed by atoms with Gasteiger partial charge in [-0.2, -0.15) is 4.98 Å². The van der Waals surface area contributed by atoms with Gasteiger partial charge in [-0.15, -0.1) is 12.4 Å². The second kappa shape index (κ2) is 6.52. The second-order valence-electron chi connectivity index (χ2n) is 4.39. The van der Waals surface area contributed by atoms with Crippen molar-refractivity contribution < 1.29 is 4.52 Å². The molecule has 4 nitrogen and oxygen atoms in total. The highest BCUT2D eigenvalue weighted by Crippen LogP contribution is 2.11. The second-order valence-corrected chi connectivity index (χ2v) is 4.39. The van der Waals surface area contributed by atoms with Gasteiger partial charge in [-0.3, -0.25) is 0 Å². The molecule has 0 saturated heterocycles. The lowest BCUT2D eigenvalue weighted by molar-refractivity contribution is 0.367. The van der Waals surface area contributed by atoms with Gasteiger partial charge in [0, 0.05) is 18.9 Å². The number of benzene rings is 1. The number of hydrogen-bond donors (Lipinski definition) is 1. The largest absolute Gasteiger partial charge is 0.339 e. The van der Waals surface area contributed by atoms with Crippen LogP contribution in [0.15, 0.2) is 28.8 Å². The molecule has 0 aliphatic carbocycles. The Labute approximate surface area is 113 Å². The molecule has 0 amide bonds. The third kappa shape index (κ3) is 3.82. The molecule has 98 valence electrons. The van der Waals surface area contributed by atoms with Gasteiger partial charge in [0.25, 0.3) is 0 Å². The number of nitrogens with two attached hydrogens (primary N) is 1. The normalized spacial score (nSPS) is 11.9. The first-order valence-corrected chi connectivity index (χ1v) is 5.76. The molecule has 1 unspecified atom stereocenters. The quantitative estimate of drug-likeness (QED) is 0.923. The van der Waals surface area contributed by atoms with E-state index < -0.39 is 0 Å². The third-order valence-corrected chi connectivity index (χ3v) is 2.62. The van der Waals surface area contributed by atoms with E-state index >= 15 is 0 Å². The fraction of sp³-hybridized carbons (Fsp3) is 0.385. The summed E-state index contributed by atoms with van der Waals surface area (Å²) in [5.74, 6) is 1.33. The SMILES string of the molecule is Cc1ccccc1Cc1noc(CC(C)N)n1.Cl. The summed E-state index contributed by atoms with van der Waals surface area (Å²) in [4.78, 5) is 4.33. The summed E-state index contributed by atoms with van der Waals surface area (Å²) in [6.07, 6.45) is 1.33. The standard InChI is InChI=1S/C13H17N3O.ClH/c1-9-5-3-4-6-11(9)8-12-15-13(17-16-12)7-10(2)14;/h3-6,10H,7-8,14H2,1-2H3;1H. The monoisotopic (exact) mass is 267 g/mol. The van der Waals surface area contributed by atoms with Crippen LogP contribution in [0, 0.1) is 6.92 Å². The van der Waals surface area contributed by atoms with Crippen molar-refractivity contribution in [1.82, 2.24) is 10.1 Å². The summed E-state index contributed by atoms with van der Waals surface area (Å²) in [7, 11) is 0. The minimum atomic E-state index is 0. The van der Waals surface area contributed by atoms with E-state index in [9.17, 15) is 0 Å². The van der Waals surface area contributed by atoms with E-state index in [4.69, 9.17) is 10.3 Å². The Kier molecular flexibility index (Phi) is 5.31. The van der Waals surface area contributed by atoms with Crippen LogP contribution in [0.25, 0.3) is 0 Å². The smallest absolute Gasteiger partial charge is 0.228 e. The first kappa shape index (κ1) is 14.7. The Morgan fingerprint density at radius 1 is 1.33 bits per heavy atom. The molecule has 2 aromatic rings. The van der Waals surface area contributed by atoms with Crippen LogP contribution in [-0.4, -0.2) is 16.2 Å². The summed E-state index contributed by atoms with van der Waals surface area (Å²) >= 11 is 0. The number of halogens is 1. The van der Waals surface area contributed by atoms with Crippen LogP contribution < -0.4 is 5.73 Å². The van der Waals surface area contributed by atoms with Crippen LogP contribution in [0.1, 0.15) is 29.8 Å². The number of rotatable bonds is 4. The minimum absolute atomic E-state index is 0. The molecule has 1 aromatic heterocycles. The topological polar surface area (TPSA) is 64.9 Å². The molecule has 1 aromatic carbocycles. The van der Waals surface area contributed by atoms with Crippen molar-refractivity contribution in [3.63, 3.8) is 0 Å². The molecular weight excluding hydrogens is 250 g/mol. The minimum Gasteiger partial charge on any atom is -0.339 e. The van der Waals surface area contributed by atoms with Crippen molar-refractivity contribution in [1.29, 1.82) is 0 Å². The van der Waals surface area contributed by atoms with Crippen LogP contribution in [0.5, 0.6) is 0 Å². The van der Waals surface area contributed by atoms with Crippen molar-refractivity contribution in [2.24, 2.45) is 5.73 Å². The van der Waals surface area contributed by atoms with Crippen LogP contribution in [0.3, 0.4) is 0 Å². The number of aromatic nitrogens is 2. The zero-order chi connectivity index (χ0) is 12.3. The van der Waals surface area contributed by atoms with E-state index in [1.54, 1.807) is 0 Å². The lowest BCUT2D eigenvalue weighted by Gasteiger charge is -2.01. The first-order chi connectivity index (χ1) is 8.15. The average Bonchev–Trinajstić information content (AvgIpc) is 2.68. The van der Waals surface area contributed by atoms with Crippen molar-refractivity contribution in [2.45, 2.75) is 32.7 Å². The van der Waals surface area contributed by atoms with E-state index in [0.29, 0.717) is 18.7 Å². The summed E-state index contributed by atoms with van der Waals surface area (Å²) in [5.41, 5.74) is 8.15. The Morgan fingerprint density at radius 2 is 2.06 bits per heavy atom. The Bertz CT molecular complexity index is 496. The van der Waals surface area contributed by atoms with Gasteiger partial charge >= 0.3 is 0 Å². The Balaban J connectivity index is 0.00000162. The number of aryl methyl sites for hydroxylation is 1. The van der Waals surface area contributed by atoms with Gasteiger partial charge in [-0.1, -0.05) is 29.4 Å². The predicted octanol–water partition coefficient (Wildman–Crippen LogP) is 2.28. The fourth-order valence-electron chi connectivity index (χ4n) is 1.70. The van der Waals surface area contributed by atoms with E-state index in [2.05, 4.69) is 29.2 Å². The van der Waals surface area contributed by atoms with Crippen molar-refractivity contribution in [2.75, 3.05) is 0 Å². The highest BCUT2D eigenvalue weighted by atomic mass is 35.5. The molecular formula is C13H18ClN3O. The summed E-state index contributed by atoms with van der Waals surface area (Å²) in [5, 5.41) is 3.96. The molecule has 5 heteroatoms. The lowest BCUT2D eigenvalue weighted by Crippen LogP contribution is -2.17. The molecule has 2 N–H and O–H groups in total. The number of hydrogen-bond acceptors (Lipinski definition) is 4. The average molecular weight is 268 g/mol. The zero-order valence-corrected chi connectivity index (χ0v) is 11.4. The van der Waals surface area contributed by atoms with Crippen LogP contribution in [0.4, 0.5) is 0 Å². The fourth-order valence-corrected chi connectivity index (χ4v) is 1.70. The Morgan fingerprint density at radius 3 is 2.72 bits per heavy atom. The molecule has 0 aliphatic heterocycles. The van der Waals surface area contributed by atoms with E-state index in [1.165, 1.54) is 11.1 Å². The van der Waals surface area contributed by atoms with Crippen molar-refractivity contribution >= 4 is 12.4 Å². The first-order valence-electron chi connectivity index (χ1n) is 5.76. The van der Waals surface area contributed by atoms with E-state index in [-0.39, 0.29) is 18.4 Å². The molecule has 1 heterocycles. The molecule has 0 aliphatic rings. The molecule has 18 heavy (non-hydrogen) atoms. The predicted molar refractivity (Wildman–Crippen MR) is 72.9 cm³/mol. The zero-order valence-electron chi connectivity index (χ0n) is 10.6. The van der Waals surface area contributed by atoms with Gasteiger partial charge in [0.1, 0.15) is 0 Å². The molecule has 2 rings (SSSR count). The molecule has 0 radical (unpaired) electrons. The lowest BCUT2D eigenvalue weighted by atomic mass is 10.1. The summed E-state index contributed by atoms with van der Waals surface area (Å²) < 4.78 is 5.15. The maximum absolute atomic E-state index is 5.68. The summed E-state index contributed by atoms with van der Waals surface area (Å²) in [6.45, 7) is 4.00. The van der Waals surface area contributed by atoms with Gasteiger partial charge in [-0.05, 0) is 25.0 Å². The molecule has 0 bridgehead atoms. The number of nitrogens with zero attached hydrogens (tertiary/aromatic N) is 2. The van der Waals surface area contributed by atoms with Crippen molar-refractivity contribution in [3.05, 3.63) is 47.1 Å². The van der Waals surface area contributed by atoms with Gasteiger partial charge in [-0.25, -0.2) is 0 Å².